The fourth-order valence-corrected chi connectivity index (χ4v) is 12.9. The Balaban J connectivity index is 0.963. The van der Waals surface area contributed by atoms with Crippen molar-refractivity contribution in [2.24, 2.45) is 0 Å². The van der Waals surface area contributed by atoms with E-state index in [-0.39, 0.29) is 0 Å². The zero-order valence-corrected chi connectivity index (χ0v) is 51.3. The van der Waals surface area contributed by atoms with E-state index in [1.165, 1.54) is 127 Å². The summed E-state index contributed by atoms with van der Waals surface area (Å²) in [6.45, 7) is 4.63. The van der Waals surface area contributed by atoms with E-state index in [0.717, 1.165) is 68.8 Å². The maximum absolute atomic E-state index is 3.70. The normalized spacial score (nSPS) is 11.3. The van der Waals surface area contributed by atoms with Crippen LogP contribution in [0.15, 0.2) is 276 Å². The molecule has 0 radical (unpaired) electrons. The van der Waals surface area contributed by atoms with Crippen molar-refractivity contribution in [3.05, 3.63) is 287 Å². The molecule has 12 rings (SSSR count). The second-order valence-corrected chi connectivity index (χ2v) is 24.0. The highest BCUT2D eigenvalue weighted by molar-refractivity contribution is 9.10. The fraction of sp³-hybridized carbons (Fsp3) is 0.150. The summed E-state index contributed by atoms with van der Waals surface area (Å²) in [7, 11) is 0. The third-order valence-corrected chi connectivity index (χ3v) is 17.7. The molecule has 0 atom stereocenters. The molecule has 84 heavy (non-hydrogen) atoms. The van der Waals surface area contributed by atoms with Gasteiger partial charge in [0.25, 0.3) is 0 Å². The molecule has 4 heteroatoms. The number of hydrogen-bond acceptors (Lipinski definition) is 2. The van der Waals surface area contributed by atoms with Gasteiger partial charge in [0.05, 0.1) is 0 Å². The zero-order chi connectivity index (χ0) is 57.2. The minimum atomic E-state index is 1.01. The van der Waals surface area contributed by atoms with Crippen molar-refractivity contribution >= 4 is 87.5 Å². The van der Waals surface area contributed by atoms with Crippen molar-refractivity contribution < 1.29 is 0 Å². The third kappa shape index (κ3) is 12.3. The molecule has 0 fully saturated rings. The minimum Gasteiger partial charge on any atom is -0.311 e. The lowest BCUT2D eigenvalue weighted by Crippen LogP contribution is -2.09. The molecule has 0 amide bonds. The van der Waals surface area contributed by atoms with Crippen molar-refractivity contribution in [3.8, 4) is 55.6 Å². The monoisotopic (exact) mass is 1220 g/mol. The Labute approximate surface area is 514 Å². The Morgan fingerprint density at radius 3 is 0.857 bits per heavy atom. The van der Waals surface area contributed by atoms with Crippen molar-refractivity contribution in [2.45, 2.75) is 78.1 Å². The van der Waals surface area contributed by atoms with Gasteiger partial charge in [-0.25, -0.2) is 0 Å². The van der Waals surface area contributed by atoms with E-state index in [2.05, 4.69) is 322 Å². The topological polar surface area (TPSA) is 6.48 Å². The smallest absolute Gasteiger partial charge is 0.0462 e. The molecule has 0 aliphatic heterocycles. The van der Waals surface area contributed by atoms with Gasteiger partial charge in [-0.3, -0.25) is 0 Å². The summed E-state index contributed by atoms with van der Waals surface area (Å²) < 4.78 is 2.11. The maximum atomic E-state index is 3.70. The number of anilines is 6. The lowest BCUT2D eigenvalue weighted by Gasteiger charge is -2.26. The van der Waals surface area contributed by atoms with Gasteiger partial charge in [0, 0.05) is 43.1 Å². The lowest BCUT2D eigenvalue weighted by molar-refractivity contribution is 0.666. The second-order valence-electron chi connectivity index (χ2n) is 22.2. The summed E-state index contributed by atoms with van der Waals surface area (Å²) in [5, 5.41) is 5.21. The number of halogens is 2. The van der Waals surface area contributed by atoms with Crippen LogP contribution in [0.25, 0.3) is 77.2 Å². The molecule has 0 unspecified atom stereocenters. The van der Waals surface area contributed by atoms with Gasteiger partial charge in [0.1, 0.15) is 0 Å². The van der Waals surface area contributed by atoms with Crippen molar-refractivity contribution in [1.29, 1.82) is 0 Å². The first-order chi connectivity index (χ1) is 41.4. The van der Waals surface area contributed by atoms with E-state index in [4.69, 9.17) is 0 Å². The van der Waals surface area contributed by atoms with Gasteiger partial charge in [-0.1, -0.05) is 242 Å². The first-order valence-electron chi connectivity index (χ1n) is 30.1. The van der Waals surface area contributed by atoms with Gasteiger partial charge < -0.3 is 9.80 Å². The summed E-state index contributed by atoms with van der Waals surface area (Å²) in [4.78, 5) is 4.72. The average Bonchev–Trinajstić information content (AvgIpc) is 1.64. The van der Waals surface area contributed by atoms with E-state index in [0.29, 0.717) is 0 Å². The minimum absolute atomic E-state index is 1.01. The van der Waals surface area contributed by atoms with E-state index in [1.54, 1.807) is 0 Å². The molecule has 12 aromatic rings. The van der Waals surface area contributed by atoms with Crippen LogP contribution >= 0.6 is 31.9 Å². The predicted octanol–water partition coefficient (Wildman–Crippen LogP) is 25.0. The van der Waals surface area contributed by atoms with Crippen molar-refractivity contribution in [1.82, 2.24) is 0 Å². The first kappa shape index (κ1) is 56.2. The Bertz CT molecular complexity index is 3850. The number of nitrogens with zero attached hydrogens (tertiary/aromatic N) is 2. The number of aryl methyl sites for hydroxylation is 2. The van der Waals surface area contributed by atoms with Crippen molar-refractivity contribution in [2.75, 3.05) is 9.80 Å². The summed E-state index contributed by atoms with van der Waals surface area (Å²) in [6, 6.07) is 98.7. The van der Waals surface area contributed by atoms with E-state index in [9.17, 15) is 0 Å². The zero-order valence-electron chi connectivity index (χ0n) is 48.1. The quantitative estimate of drug-likeness (QED) is 0.0662. The molecule has 2 nitrogen and oxygen atoms in total. The lowest BCUT2D eigenvalue weighted by atomic mass is 9.80. The molecular weight excluding hydrogens is 1150 g/mol. The highest BCUT2D eigenvalue weighted by Gasteiger charge is 2.23. The van der Waals surface area contributed by atoms with Crippen LogP contribution in [0, 0.1) is 0 Å². The Kier molecular flexibility index (Phi) is 17.8. The van der Waals surface area contributed by atoms with Gasteiger partial charge in [0.15, 0.2) is 0 Å². The molecule has 0 aliphatic carbocycles. The molecule has 0 saturated heterocycles. The van der Waals surface area contributed by atoms with Gasteiger partial charge in [-0.2, -0.15) is 0 Å². The van der Waals surface area contributed by atoms with Crippen molar-refractivity contribution in [3.63, 3.8) is 0 Å². The van der Waals surface area contributed by atoms with Crippen LogP contribution in [-0.4, -0.2) is 0 Å². The SMILES string of the molecule is CCCCCCc1cc(-c2ccc(N(c3ccc(Br)cc3)c3ccc(-c4ccccc4)cc3)cc2)c2ccccc2c1-c1c(CCCCCC)cc(-c2ccc(N(c3ccc(Br)cc3)c3ccc(-c4ccccc4)cc3)cc2)c2ccccc12. The van der Waals surface area contributed by atoms with Gasteiger partial charge in [0.2, 0.25) is 0 Å². The Morgan fingerprint density at radius 1 is 0.262 bits per heavy atom. The average molecular weight is 1220 g/mol. The molecule has 0 aromatic heterocycles. The molecule has 12 aromatic carbocycles. The standard InChI is InChI=1S/C80H70Br2N2/c1-3-5-7-11-25-63-55-77(61-35-47-69(48-36-61)83(71-51-39-65(81)40-52-71)67-43-31-59(32-44-67)57-21-13-9-14-22-57)73-27-17-19-29-75(73)79(63)80-64(26-12-8-6-4-2)56-78(74-28-18-20-30-76(74)80)62-37-49-70(50-38-62)84(72-53-41-66(82)42-54-72)68-45-33-60(34-46-68)58-23-15-10-16-24-58/h9-10,13-24,27-56H,3-8,11-12,25-26H2,1-2H3. The summed E-state index contributed by atoms with van der Waals surface area (Å²) in [6.07, 6.45) is 11.6. The first-order valence-corrected chi connectivity index (χ1v) is 31.7. The van der Waals surface area contributed by atoms with E-state index in [1.807, 2.05) is 0 Å². The predicted molar refractivity (Wildman–Crippen MR) is 369 cm³/mol. The molecule has 0 heterocycles. The van der Waals surface area contributed by atoms with Gasteiger partial charge >= 0.3 is 0 Å². The molecule has 0 bridgehead atoms. The van der Waals surface area contributed by atoms with Crippen LogP contribution in [-0.2, 0) is 12.8 Å². The van der Waals surface area contributed by atoms with Crippen LogP contribution < -0.4 is 9.80 Å². The summed E-state index contributed by atoms with van der Waals surface area (Å²) in [5.74, 6) is 0. The summed E-state index contributed by atoms with van der Waals surface area (Å²) in [5.41, 5.74) is 22.1. The van der Waals surface area contributed by atoms with Crippen LogP contribution in [0.3, 0.4) is 0 Å². The van der Waals surface area contributed by atoms with Crippen LogP contribution in [0.5, 0.6) is 0 Å². The maximum Gasteiger partial charge on any atom is 0.0462 e. The number of benzene rings is 12. The third-order valence-electron chi connectivity index (χ3n) is 16.6. The van der Waals surface area contributed by atoms with Crippen LogP contribution in [0.1, 0.15) is 76.3 Å². The van der Waals surface area contributed by atoms with Crippen LogP contribution in [0.4, 0.5) is 34.1 Å². The fourth-order valence-electron chi connectivity index (χ4n) is 12.3. The molecule has 0 N–H and O–H groups in total. The number of rotatable bonds is 21. The molecule has 414 valence electrons. The summed E-state index contributed by atoms with van der Waals surface area (Å²) >= 11 is 7.39. The highest BCUT2D eigenvalue weighted by atomic mass is 79.9. The highest BCUT2D eigenvalue weighted by Crippen LogP contribution is 2.48. The second kappa shape index (κ2) is 26.5. The number of hydrogen-bond donors (Lipinski definition) is 0. The molecular formula is C80H70Br2N2. The van der Waals surface area contributed by atoms with E-state index < -0.39 is 0 Å². The molecule has 0 aliphatic rings. The Hall–Kier alpha value is -8.28. The van der Waals surface area contributed by atoms with Crippen LogP contribution in [0.2, 0.25) is 0 Å². The Morgan fingerprint density at radius 2 is 0.536 bits per heavy atom. The van der Waals surface area contributed by atoms with Gasteiger partial charge in [-0.15, -0.1) is 0 Å². The molecule has 0 spiro atoms. The van der Waals surface area contributed by atoms with E-state index >= 15 is 0 Å². The number of unbranched alkanes of at least 4 members (excludes halogenated alkanes) is 6. The largest absolute Gasteiger partial charge is 0.311 e. The number of fused-ring (bicyclic) bond motifs is 2. The molecule has 0 saturated carbocycles. The van der Waals surface area contributed by atoms with Gasteiger partial charge in [-0.05, 0) is 223 Å².